The maximum Gasteiger partial charge on any atom is 0.247 e. The molecule has 0 bridgehead atoms. The molecule has 1 aliphatic rings. The molecule has 0 spiro atoms. The number of nitrogen functional groups attached to an aromatic ring is 1. The van der Waals surface area contributed by atoms with Crippen molar-refractivity contribution < 1.29 is 9.59 Å². The van der Waals surface area contributed by atoms with E-state index >= 15 is 0 Å². The minimum atomic E-state index is -0.751. The number of benzene rings is 2. The Balaban J connectivity index is 1.74. The molecule has 32 heavy (non-hydrogen) atoms. The lowest BCUT2D eigenvalue weighted by atomic mass is 9.97. The molecule has 2 N–H and O–H groups in total. The van der Waals surface area contributed by atoms with Gasteiger partial charge in [0.05, 0.1) is 16.5 Å². The molecule has 1 atom stereocenters. The maximum atomic E-state index is 13.1. The Morgan fingerprint density at radius 2 is 1.69 bits per heavy atom. The van der Waals surface area contributed by atoms with Crippen LogP contribution in [0.2, 0.25) is 0 Å². The summed E-state index contributed by atoms with van der Waals surface area (Å²) in [4.78, 5) is 31.1. The first-order valence-electron chi connectivity index (χ1n) is 9.73. The molecular weight excluding hydrogens is 422 g/mol. The highest BCUT2D eigenvalue weighted by Gasteiger charge is 2.41. The number of amides is 2. The topological polar surface area (TPSA) is 124 Å². The van der Waals surface area contributed by atoms with Gasteiger partial charge in [0.15, 0.2) is 0 Å². The molecule has 2 aromatic carbocycles. The van der Waals surface area contributed by atoms with E-state index < -0.39 is 5.25 Å². The minimum Gasteiger partial charge on any atom is -0.383 e. The first-order valence-corrected chi connectivity index (χ1v) is 10.6. The molecule has 8 heteroatoms. The lowest BCUT2D eigenvalue weighted by Crippen LogP contribution is -2.31. The highest BCUT2D eigenvalue weighted by Crippen LogP contribution is 2.39. The number of nitrogens with zero attached hydrogens (tertiary/aromatic N) is 4. The molecular formula is C24H17N5O2S. The standard InChI is InChI=1S/C24H17N5O2S/c1-14-7-9-16(10-8-14)29-20(30)11-19(24(29)31)32-23-18(13-26)21(15-5-3-2-4-6-15)17(12-25)22(27)28-23/h2-10,19H,11H2,1H3,(H2,27,28). The van der Waals surface area contributed by atoms with Gasteiger partial charge in [0, 0.05) is 12.0 Å². The van der Waals surface area contributed by atoms with Gasteiger partial charge >= 0.3 is 0 Å². The number of aromatic nitrogens is 1. The predicted molar refractivity (Wildman–Crippen MR) is 121 cm³/mol. The van der Waals surface area contributed by atoms with Gasteiger partial charge in [-0.05, 0) is 24.6 Å². The van der Waals surface area contributed by atoms with E-state index in [0.717, 1.165) is 22.2 Å². The molecule has 1 unspecified atom stereocenters. The molecule has 1 aromatic heterocycles. The van der Waals surface area contributed by atoms with Gasteiger partial charge in [0.1, 0.15) is 28.5 Å². The minimum absolute atomic E-state index is 0.0233. The van der Waals surface area contributed by atoms with Gasteiger partial charge < -0.3 is 5.73 Å². The average Bonchev–Trinajstić information content (AvgIpc) is 3.07. The van der Waals surface area contributed by atoms with Crippen molar-refractivity contribution in [1.82, 2.24) is 4.98 Å². The summed E-state index contributed by atoms with van der Waals surface area (Å²) in [7, 11) is 0. The maximum absolute atomic E-state index is 13.1. The zero-order valence-corrected chi connectivity index (χ0v) is 17.9. The zero-order chi connectivity index (χ0) is 22.8. The van der Waals surface area contributed by atoms with Crippen molar-refractivity contribution in [1.29, 1.82) is 10.5 Å². The Kier molecular flexibility index (Phi) is 5.63. The lowest BCUT2D eigenvalue weighted by Gasteiger charge is -2.16. The van der Waals surface area contributed by atoms with Crippen molar-refractivity contribution in [2.45, 2.75) is 23.6 Å². The molecule has 0 radical (unpaired) electrons. The Hall–Kier alpha value is -4.14. The Bertz CT molecular complexity index is 1310. The van der Waals surface area contributed by atoms with Crippen LogP contribution in [0.25, 0.3) is 11.1 Å². The van der Waals surface area contributed by atoms with Crippen LogP contribution in [0.15, 0.2) is 59.6 Å². The monoisotopic (exact) mass is 439 g/mol. The molecule has 4 rings (SSSR count). The summed E-state index contributed by atoms with van der Waals surface area (Å²) in [5.74, 6) is -0.724. The lowest BCUT2D eigenvalue weighted by molar-refractivity contribution is -0.121. The van der Waals surface area contributed by atoms with Crippen LogP contribution in [0.3, 0.4) is 0 Å². The highest BCUT2D eigenvalue weighted by atomic mass is 32.2. The van der Waals surface area contributed by atoms with E-state index in [1.807, 2.05) is 31.2 Å². The molecule has 156 valence electrons. The van der Waals surface area contributed by atoms with Gasteiger partial charge in [-0.1, -0.05) is 59.8 Å². The summed E-state index contributed by atoms with van der Waals surface area (Å²) in [6.07, 6.45) is -0.0233. The first kappa shape index (κ1) is 21.1. The zero-order valence-electron chi connectivity index (χ0n) is 17.1. The summed E-state index contributed by atoms with van der Waals surface area (Å²) in [5.41, 5.74) is 8.84. The number of rotatable bonds is 4. The number of hydrogen-bond donors (Lipinski definition) is 1. The van der Waals surface area contributed by atoms with Crippen molar-refractivity contribution in [3.8, 4) is 23.3 Å². The summed E-state index contributed by atoms with van der Waals surface area (Å²) >= 11 is 1.02. The predicted octanol–water partition coefficient (Wildman–Crippen LogP) is 3.81. The number of imide groups is 1. The highest BCUT2D eigenvalue weighted by molar-refractivity contribution is 8.00. The summed E-state index contributed by atoms with van der Waals surface area (Å²) in [6.45, 7) is 1.92. The van der Waals surface area contributed by atoms with Crippen LogP contribution < -0.4 is 10.6 Å². The van der Waals surface area contributed by atoms with Gasteiger partial charge in [0.25, 0.3) is 0 Å². The van der Waals surface area contributed by atoms with E-state index in [4.69, 9.17) is 5.73 Å². The van der Waals surface area contributed by atoms with Crippen LogP contribution in [-0.4, -0.2) is 22.0 Å². The molecule has 2 amide bonds. The fourth-order valence-corrected chi connectivity index (χ4v) is 4.69. The number of hydrogen-bond acceptors (Lipinski definition) is 7. The first-order chi connectivity index (χ1) is 15.4. The third-order valence-electron chi connectivity index (χ3n) is 5.13. The summed E-state index contributed by atoms with van der Waals surface area (Å²) in [6, 6.07) is 20.2. The second kappa shape index (κ2) is 8.54. The molecule has 1 aliphatic heterocycles. The van der Waals surface area contributed by atoms with Gasteiger partial charge in [-0.2, -0.15) is 10.5 Å². The fourth-order valence-electron chi connectivity index (χ4n) is 3.57. The number of nitriles is 2. The van der Waals surface area contributed by atoms with Gasteiger partial charge in [-0.3, -0.25) is 9.59 Å². The summed E-state index contributed by atoms with van der Waals surface area (Å²) in [5, 5.41) is 19.0. The second-order valence-electron chi connectivity index (χ2n) is 7.23. The molecule has 1 fully saturated rings. The van der Waals surface area contributed by atoms with Crippen molar-refractivity contribution >= 4 is 35.1 Å². The number of nitrogens with two attached hydrogens (primary N) is 1. The van der Waals surface area contributed by atoms with E-state index in [-0.39, 0.29) is 40.2 Å². The fraction of sp³-hybridized carbons (Fsp3) is 0.125. The van der Waals surface area contributed by atoms with E-state index in [2.05, 4.69) is 11.1 Å². The number of aryl methyl sites for hydroxylation is 1. The van der Waals surface area contributed by atoms with Gasteiger partial charge in [-0.25, -0.2) is 9.88 Å². The van der Waals surface area contributed by atoms with Crippen molar-refractivity contribution in [3.63, 3.8) is 0 Å². The third-order valence-corrected chi connectivity index (χ3v) is 6.30. The normalized spacial score (nSPS) is 15.5. The molecule has 0 aliphatic carbocycles. The quantitative estimate of drug-likeness (QED) is 0.613. The van der Waals surface area contributed by atoms with Crippen LogP contribution in [0.5, 0.6) is 0 Å². The number of carbonyl (C=O) groups excluding carboxylic acids is 2. The van der Waals surface area contributed by atoms with Crippen LogP contribution in [-0.2, 0) is 9.59 Å². The van der Waals surface area contributed by atoms with E-state index in [1.54, 1.807) is 36.4 Å². The second-order valence-corrected chi connectivity index (χ2v) is 8.42. The van der Waals surface area contributed by atoms with Crippen molar-refractivity contribution in [2.24, 2.45) is 0 Å². The van der Waals surface area contributed by atoms with Crippen LogP contribution in [0, 0.1) is 29.6 Å². The van der Waals surface area contributed by atoms with Gasteiger partial charge in [-0.15, -0.1) is 0 Å². The number of thioether (sulfide) groups is 1. The van der Waals surface area contributed by atoms with Crippen LogP contribution in [0.4, 0.5) is 11.5 Å². The number of pyridine rings is 1. The van der Waals surface area contributed by atoms with Gasteiger partial charge in [0.2, 0.25) is 11.8 Å². The molecule has 2 heterocycles. The number of carbonyl (C=O) groups is 2. The van der Waals surface area contributed by atoms with Crippen LogP contribution >= 0.6 is 11.8 Å². The Morgan fingerprint density at radius 3 is 2.31 bits per heavy atom. The summed E-state index contributed by atoms with van der Waals surface area (Å²) < 4.78 is 0. The van der Waals surface area contributed by atoms with E-state index in [0.29, 0.717) is 16.8 Å². The average molecular weight is 440 g/mol. The third kappa shape index (κ3) is 3.68. The largest absolute Gasteiger partial charge is 0.383 e. The van der Waals surface area contributed by atoms with Crippen molar-refractivity contribution in [3.05, 3.63) is 71.3 Å². The smallest absolute Gasteiger partial charge is 0.247 e. The molecule has 1 saturated heterocycles. The Morgan fingerprint density at radius 1 is 1.03 bits per heavy atom. The Labute approximate surface area is 189 Å². The van der Waals surface area contributed by atoms with Crippen molar-refractivity contribution in [2.75, 3.05) is 10.6 Å². The van der Waals surface area contributed by atoms with E-state index in [1.165, 1.54) is 0 Å². The molecule has 3 aromatic rings. The number of anilines is 2. The molecule has 0 saturated carbocycles. The SMILES string of the molecule is Cc1ccc(N2C(=O)CC(Sc3nc(N)c(C#N)c(-c4ccccc4)c3C#N)C2=O)cc1. The molecule has 7 nitrogen and oxygen atoms in total. The van der Waals surface area contributed by atoms with E-state index in [9.17, 15) is 20.1 Å². The van der Waals surface area contributed by atoms with Crippen LogP contribution in [0.1, 0.15) is 23.1 Å².